The highest BCUT2D eigenvalue weighted by Gasteiger charge is 2.47. The molecule has 0 bridgehead atoms. The van der Waals surface area contributed by atoms with Crippen LogP contribution >= 0.6 is 0 Å². The number of nitrogens with zero attached hydrogens (tertiary/aromatic N) is 1. The van der Waals surface area contributed by atoms with E-state index in [9.17, 15) is 33.1 Å². The molecule has 8 amide bonds. The number of nitrogens with one attached hydrogen (secondary N) is 7. The van der Waals surface area contributed by atoms with Crippen LogP contribution in [0.4, 0.5) is 36.7 Å². The Labute approximate surface area is 471 Å². The van der Waals surface area contributed by atoms with Crippen LogP contribution in [0.3, 0.4) is 0 Å². The van der Waals surface area contributed by atoms with Gasteiger partial charge in [0, 0.05) is 50.3 Å². The van der Waals surface area contributed by atoms with Gasteiger partial charge in [-0.3, -0.25) is 9.59 Å². The number of aliphatic hydroxyl groups is 1. The lowest BCUT2D eigenvalue weighted by Crippen LogP contribution is -2.59. The molecule has 0 saturated heterocycles. The Morgan fingerprint density at radius 3 is 1.51 bits per heavy atom. The third kappa shape index (κ3) is 18.0. The molecule has 2 aliphatic carbocycles. The molecule has 3 unspecified atom stereocenters. The summed E-state index contributed by atoms with van der Waals surface area (Å²) >= 11 is 0. The Balaban J connectivity index is 1.40. The lowest BCUT2D eigenvalue weighted by atomic mass is 9.64. The topological polar surface area (TPSA) is 229 Å². The Kier molecular flexibility index (Phi) is 23.6. The summed E-state index contributed by atoms with van der Waals surface area (Å²) < 4.78 is 73.3. The Bertz CT molecular complexity index is 2680. The van der Waals surface area contributed by atoms with Crippen molar-refractivity contribution in [3.05, 3.63) is 143 Å². The predicted molar refractivity (Wildman–Crippen MR) is 296 cm³/mol. The molecule has 4 aromatic carbocycles. The van der Waals surface area contributed by atoms with Crippen LogP contribution < -0.4 is 37.2 Å². The number of alkyl carbamates (subject to hydrolysis) is 1. The van der Waals surface area contributed by atoms with Crippen molar-refractivity contribution in [1.29, 1.82) is 0 Å². The average molecular weight is 1130 g/mol. The molecule has 2 fully saturated rings. The Morgan fingerprint density at radius 1 is 0.593 bits per heavy atom. The monoisotopic (exact) mass is 1130 g/mol. The molecule has 0 aromatic heterocycles. The lowest BCUT2D eigenvalue weighted by Gasteiger charge is -2.47. The van der Waals surface area contributed by atoms with Crippen molar-refractivity contribution in [2.45, 2.75) is 140 Å². The zero-order valence-electron chi connectivity index (χ0n) is 46.6. The van der Waals surface area contributed by atoms with E-state index in [1.54, 1.807) is 68.4 Å². The number of urea groups is 2. The highest BCUT2D eigenvalue weighted by atomic mass is 19.1. The van der Waals surface area contributed by atoms with Crippen LogP contribution in [-0.4, -0.2) is 111 Å². The largest absolute Gasteiger partial charge is 0.449 e. The van der Waals surface area contributed by atoms with E-state index in [1.165, 1.54) is 26.2 Å². The number of carbonyl (C=O) groups excluding carboxylic acids is 6. The van der Waals surface area contributed by atoms with Crippen LogP contribution in [-0.2, 0) is 31.9 Å². The van der Waals surface area contributed by atoms with Crippen molar-refractivity contribution < 1.29 is 60.9 Å². The van der Waals surface area contributed by atoms with Gasteiger partial charge in [0.05, 0.1) is 30.8 Å². The zero-order chi connectivity index (χ0) is 58.5. The van der Waals surface area contributed by atoms with E-state index < -0.39 is 107 Å². The van der Waals surface area contributed by atoms with Gasteiger partial charge in [0.15, 0.2) is 6.10 Å². The summed E-state index contributed by atoms with van der Waals surface area (Å²) in [6, 6.07) is 20.0. The maximum atomic E-state index is 15.7. The molecule has 0 radical (unpaired) electrons. The zero-order valence-corrected chi connectivity index (χ0v) is 46.6. The summed E-state index contributed by atoms with van der Waals surface area (Å²) in [4.78, 5) is 84.7. The number of hydrogen-bond donors (Lipinski definition) is 8. The highest BCUT2D eigenvalue weighted by molar-refractivity contribution is 5.86. The van der Waals surface area contributed by atoms with Crippen molar-refractivity contribution in [2.24, 2.45) is 10.8 Å². The molecule has 4 aromatic rings. The Hall–Kier alpha value is -7.42. The fraction of sp³-hybridized carbons (Fsp3) is 0.500. The van der Waals surface area contributed by atoms with Gasteiger partial charge in [-0.2, -0.15) is 0 Å². The van der Waals surface area contributed by atoms with Crippen LogP contribution in [0.1, 0.15) is 125 Å². The van der Waals surface area contributed by atoms with Crippen molar-refractivity contribution in [3.8, 4) is 0 Å². The smallest absolute Gasteiger partial charge is 0.411 e. The first kappa shape index (κ1) is 62.8. The van der Waals surface area contributed by atoms with Crippen molar-refractivity contribution in [2.75, 3.05) is 40.3 Å². The van der Waals surface area contributed by atoms with E-state index in [4.69, 9.17) is 9.47 Å². The van der Waals surface area contributed by atoms with E-state index in [1.807, 2.05) is 6.07 Å². The van der Waals surface area contributed by atoms with Gasteiger partial charge in [0.1, 0.15) is 23.3 Å². The molecule has 0 spiro atoms. The van der Waals surface area contributed by atoms with E-state index in [0.29, 0.717) is 56.1 Å². The number of carbonyl (C=O) groups is 6. The van der Waals surface area contributed by atoms with Gasteiger partial charge in [0.2, 0.25) is 6.10 Å². The van der Waals surface area contributed by atoms with Crippen LogP contribution in [0.5, 0.6) is 0 Å². The SMILES string of the molecule is CNC(=O)NCCCCC(C(O)C(=O)N[C@H](C)c1ccccc1)N(CC1(Cc2c(F)cccc2F)CCC1)C(=O)OC(C(=O)N[C@H](C)c1ccccc1)[C@H](CCCCNC(=O)NC)NC(=O)OCC1(Cc2c(F)cccc2F)CCC1. The summed E-state index contributed by atoms with van der Waals surface area (Å²) in [7, 11) is 2.91. The third-order valence-corrected chi connectivity index (χ3v) is 15.7. The van der Waals surface area contributed by atoms with E-state index >= 15 is 18.4 Å². The van der Waals surface area contributed by atoms with Crippen LogP contribution in [0.2, 0.25) is 0 Å². The number of rotatable bonds is 29. The average Bonchev–Trinajstić information content (AvgIpc) is 3.45. The molecule has 2 saturated carbocycles. The summed E-state index contributed by atoms with van der Waals surface area (Å²) in [5.41, 5.74) is -0.805. The minimum atomic E-state index is -1.96. The quantitative estimate of drug-likeness (QED) is 0.0191. The molecule has 2 aliphatic rings. The molecule has 0 heterocycles. The van der Waals surface area contributed by atoms with E-state index in [-0.39, 0.29) is 75.9 Å². The fourth-order valence-electron chi connectivity index (χ4n) is 10.6. The lowest BCUT2D eigenvalue weighted by molar-refractivity contribution is -0.137. The third-order valence-electron chi connectivity index (χ3n) is 15.7. The minimum absolute atomic E-state index is 0.0533. The number of benzene rings is 4. The van der Waals surface area contributed by atoms with Gasteiger partial charge in [0.25, 0.3) is 11.8 Å². The first-order valence-corrected chi connectivity index (χ1v) is 27.9. The van der Waals surface area contributed by atoms with Crippen molar-refractivity contribution in [3.63, 3.8) is 0 Å². The maximum absolute atomic E-state index is 15.7. The summed E-state index contributed by atoms with van der Waals surface area (Å²) in [6.07, 6.45) is -2.31. The van der Waals surface area contributed by atoms with Gasteiger partial charge >= 0.3 is 24.2 Å². The van der Waals surface area contributed by atoms with Gasteiger partial charge < -0.3 is 56.7 Å². The van der Waals surface area contributed by atoms with Crippen molar-refractivity contribution >= 4 is 36.1 Å². The second kappa shape index (κ2) is 30.4. The van der Waals surface area contributed by atoms with Gasteiger partial charge in [-0.05, 0) is 132 Å². The van der Waals surface area contributed by atoms with E-state index in [0.717, 1.165) is 35.6 Å². The fourth-order valence-corrected chi connectivity index (χ4v) is 10.6. The molecule has 6 rings (SSSR count). The minimum Gasteiger partial charge on any atom is -0.449 e. The molecular weight excluding hydrogens is 1050 g/mol. The standard InChI is InChI=1S/C60H78F4N8O9/c1-39(41-19-7-5-8-20-41)69-53(74)51(73)50(28-12-14-34-68-56(77)66-4)72(37-59(29-17-30-59)35-43-45(61)23-15-24-46(43)62)58(79)81-52(54(75)70-40(2)42-21-9-6-10-22-42)49(27-11-13-33-67-55(76)65-3)71-57(78)80-38-60(31-18-32-60)36-44-47(63)25-16-26-48(44)64/h5-10,15-16,19-26,39-40,49-52,73H,11-14,17-18,27-38H2,1-4H3,(H,69,74)(H,70,75)(H,71,78)(H2,65,67,76)(H2,66,68,77)/t39-,40-,49+,50?,51?,52?/m1/s1. The molecule has 6 atom stereocenters. The number of unbranched alkanes of at least 4 members (excludes halogenated alkanes) is 2. The van der Waals surface area contributed by atoms with Crippen molar-refractivity contribution in [1.82, 2.24) is 42.1 Å². The van der Waals surface area contributed by atoms with Crippen LogP contribution in [0.15, 0.2) is 97.1 Å². The number of hydrogen-bond acceptors (Lipinski definition) is 9. The van der Waals surface area contributed by atoms with Crippen LogP contribution in [0, 0.1) is 34.1 Å². The molecule has 0 aliphatic heterocycles. The number of aliphatic hydroxyl groups excluding tert-OH is 1. The summed E-state index contributed by atoms with van der Waals surface area (Å²) in [6.45, 7) is 3.21. The van der Waals surface area contributed by atoms with Gasteiger partial charge in [-0.15, -0.1) is 0 Å². The molecule has 17 nitrogen and oxygen atoms in total. The normalized spacial score (nSPS) is 16.2. The van der Waals surface area contributed by atoms with Crippen LogP contribution in [0.25, 0.3) is 0 Å². The first-order valence-electron chi connectivity index (χ1n) is 27.9. The maximum Gasteiger partial charge on any atom is 0.411 e. The predicted octanol–water partition coefficient (Wildman–Crippen LogP) is 8.95. The molecular formula is C60H78F4N8O9. The number of amides is 8. The molecule has 8 N–H and O–H groups in total. The van der Waals surface area contributed by atoms with Gasteiger partial charge in [-0.25, -0.2) is 36.7 Å². The summed E-state index contributed by atoms with van der Waals surface area (Å²) in [5, 5.41) is 31.2. The second-order valence-corrected chi connectivity index (χ2v) is 21.5. The molecule has 81 heavy (non-hydrogen) atoms. The van der Waals surface area contributed by atoms with E-state index in [2.05, 4.69) is 37.2 Å². The highest BCUT2D eigenvalue weighted by Crippen LogP contribution is 2.47. The first-order chi connectivity index (χ1) is 38.9. The molecule has 440 valence electrons. The molecule has 21 heteroatoms. The Morgan fingerprint density at radius 2 is 1.05 bits per heavy atom. The van der Waals surface area contributed by atoms with Gasteiger partial charge in [-0.1, -0.05) is 85.6 Å². The number of halogens is 4. The second-order valence-electron chi connectivity index (χ2n) is 21.5. The summed E-state index contributed by atoms with van der Waals surface area (Å²) in [5.74, 6) is -4.79. The number of ether oxygens (including phenoxy) is 2.